The normalized spacial score (nSPS) is 10.4. The molecule has 0 aliphatic heterocycles. The van der Waals surface area contributed by atoms with Gasteiger partial charge in [-0.2, -0.15) is 0 Å². The summed E-state index contributed by atoms with van der Waals surface area (Å²) in [4.78, 5) is 6.13. The fraction of sp³-hybridized carbons (Fsp3) is 0.214. The first-order chi connectivity index (χ1) is 8.72. The lowest BCUT2D eigenvalue weighted by atomic mass is 10.2. The van der Waals surface area contributed by atoms with Crippen molar-refractivity contribution in [2.24, 2.45) is 5.73 Å². The van der Waals surface area contributed by atoms with Crippen LogP contribution < -0.4 is 10.6 Å². The SMILES string of the molecule is CN(Cc1ncccc1CN)c1ccccc1F. The van der Waals surface area contributed by atoms with Crippen LogP contribution in [0.1, 0.15) is 11.3 Å². The Morgan fingerprint density at radius 1 is 1.22 bits per heavy atom. The van der Waals surface area contributed by atoms with Crippen LogP contribution in [0, 0.1) is 5.82 Å². The lowest BCUT2D eigenvalue weighted by Crippen LogP contribution is -2.20. The predicted molar refractivity (Wildman–Crippen MR) is 70.6 cm³/mol. The highest BCUT2D eigenvalue weighted by Gasteiger charge is 2.09. The van der Waals surface area contributed by atoms with Crippen LogP contribution in [0.4, 0.5) is 10.1 Å². The van der Waals surface area contributed by atoms with Crippen molar-refractivity contribution < 1.29 is 4.39 Å². The average molecular weight is 245 g/mol. The van der Waals surface area contributed by atoms with Crippen molar-refractivity contribution in [2.45, 2.75) is 13.1 Å². The van der Waals surface area contributed by atoms with E-state index >= 15 is 0 Å². The van der Waals surface area contributed by atoms with Gasteiger partial charge in [0.05, 0.1) is 17.9 Å². The van der Waals surface area contributed by atoms with E-state index in [1.807, 2.05) is 30.1 Å². The van der Waals surface area contributed by atoms with Crippen molar-refractivity contribution in [3.05, 3.63) is 59.7 Å². The molecule has 1 aromatic heterocycles. The Labute approximate surface area is 106 Å². The first-order valence-electron chi connectivity index (χ1n) is 5.81. The number of hydrogen-bond donors (Lipinski definition) is 1. The third-order valence-corrected chi connectivity index (χ3v) is 2.86. The summed E-state index contributed by atoms with van der Waals surface area (Å²) in [6.07, 6.45) is 1.73. The number of halogens is 1. The highest BCUT2D eigenvalue weighted by Crippen LogP contribution is 2.19. The van der Waals surface area contributed by atoms with E-state index in [1.54, 1.807) is 18.3 Å². The van der Waals surface area contributed by atoms with E-state index in [0.717, 1.165) is 11.3 Å². The third-order valence-electron chi connectivity index (χ3n) is 2.86. The van der Waals surface area contributed by atoms with Gasteiger partial charge in [-0.25, -0.2) is 4.39 Å². The van der Waals surface area contributed by atoms with E-state index in [0.29, 0.717) is 18.8 Å². The Balaban J connectivity index is 2.21. The van der Waals surface area contributed by atoms with Crippen molar-refractivity contribution in [1.82, 2.24) is 4.98 Å². The summed E-state index contributed by atoms with van der Waals surface area (Å²) < 4.78 is 13.6. The first-order valence-corrected chi connectivity index (χ1v) is 5.81. The molecule has 2 N–H and O–H groups in total. The number of benzene rings is 1. The topological polar surface area (TPSA) is 42.2 Å². The molecule has 0 aliphatic carbocycles. The summed E-state index contributed by atoms with van der Waals surface area (Å²) in [7, 11) is 1.84. The Hall–Kier alpha value is -1.94. The summed E-state index contributed by atoms with van der Waals surface area (Å²) in [5.74, 6) is -0.231. The van der Waals surface area contributed by atoms with Crippen molar-refractivity contribution >= 4 is 5.69 Å². The number of pyridine rings is 1. The second-order valence-corrected chi connectivity index (χ2v) is 4.12. The Bertz CT molecular complexity index is 528. The minimum absolute atomic E-state index is 0.231. The number of hydrogen-bond acceptors (Lipinski definition) is 3. The van der Waals surface area contributed by atoms with E-state index in [-0.39, 0.29) is 5.82 Å². The Morgan fingerprint density at radius 3 is 2.72 bits per heavy atom. The summed E-state index contributed by atoms with van der Waals surface area (Å²) in [6.45, 7) is 0.975. The maximum absolute atomic E-state index is 13.6. The molecule has 3 nitrogen and oxygen atoms in total. The molecule has 0 unspecified atom stereocenters. The maximum Gasteiger partial charge on any atom is 0.146 e. The van der Waals surface area contributed by atoms with Gasteiger partial charge in [0.25, 0.3) is 0 Å². The first kappa shape index (κ1) is 12.5. The van der Waals surface area contributed by atoms with Gasteiger partial charge in [-0.15, -0.1) is 0 Å². The lowest BCUT2D eigenvalue weighted by Gasteiger charge is -2.20. The summed E-state index contributed by atoms with van der Waals surface area (Å²) in [5.41, 5.74) is 8.09. The van der Waals surface area contributed by atoms with Gasteiger partial charge >= 0.3 is 0 Å². The van der Waals surface area contributed by atoms with E-state index in [2.05, 4.69) is 4.98 Å². The van der Waals surface area contributed by atoms with Crippen LogP contribution in [0.2, 0.25) is 0 Å². The summed E-state index contributed by atoms with van der Waals surface area (Å²) >= 11 is 0. The standard InChI is InChI=1S/C14H16FN3/c1-18(14-7-3-2-6-12(14)15)10-13-11(9-16)5-4-8-17-13/h2-8H,9-10,16H2,1H3. The Kier molecular flexibility index (Phi) is 3.89. The molecule has 0 saturated carbocycles. The van der Waals surface area contributed by atoms with Crippen LogP contribution in [-0.2, 0) is 13.1 Å². The largest absolute Gasteiger partial charge is 0.366 e. The number of rotatable bonds is 4. The van der Waals surface area contributed by atoms with Crippen LogP contribution in [0.15, 0.2) is 42.6 Å². The van der Waals surface area contributed by atoms with Crippen molar-refractivity contribution in [3.63, 3.8) is 0 Å². The summed E-state index contributed by atoms with van der Waals surface area (Å²) in [5, 5.41) is 0. The van der Waals surface area contributed by atoms with Crippen LogP contribution in [-0.4, -0.2) is 12.0 Å². The van der Waals surface area contributed by atoms with Crippen molar-refractivity contribution in [1.29, 1.82) is 0 Å². The second kappa shape index (κ2) is 5.60. The smallest absolute Gasteiger partial charge is 0.146 e. The zero-order chi connectivity index (χ0) is 13.0. The molecule has 0 spiro atoms. The second-order valence-electron chi connectivity index (χ2n) is 4.12. The van der Waals surface area contributed by atoms with Gasteiger partial charge in [-0.3, -0.25) is 4.98 Å². The molecule has 2 rings (SSSR count). The molecular formula is C14H16FN3. The number of aromatic nitrogens is 1. The predicted octanol–water partition coefficient (Wildman–Crippen LogP) is 2.32. The van der Waals surface area contributed by atoms with Crippen LogP contribution >= 0.6 is 0 Å². The monoisotopic (exact) mass is 245 g/mol. The quantitative estimate of drug-likeness (QED) is 0.898. The Morgan fingerprint density at radius 2 is 2.00 bits per heavy atom. The molecule has 0 radical (unpaired) electrons. The van der Waals surface area contributed by atoms with E-state index in [9.17, 15) is 4.39 Å². The minimum atomic E-state index is -0.231. The van der Waals surface area contributed by atoms with Crippen molar-refractivity contribution in [2.75, 3.05) is 11.9 Å². The molecular weight excluding hydrogens is 229 g/mol. The minimum Gasteiger partial charge on any atom is -0.366 e. The number of nitrogens with two attached hydrogens (primary N) is 1. The fourth-order valence-electron chi connectivity index (χ4n) is 1.87. The molecule has 18 heavy (non-hydrogen) atoms. The highest BCUT2D eigenvalue weighted by molar-refractivity contribution is 5.47. The van der Waals surface area contributed by atoms with Gasteiger partial charge in [0.2, 0.25) is 0 Å². The molecule has 1 heterocycles. The third kappa shape index (κ3) is 2.65. The number of nitrogens with zero attached hydrogens (tertiary/aromatic N) is 2. The molecule has 0 bridgehead atoms. The van der Waals surface area contributed by atoms with Gasteiger partial charge in [0, 0.05) is 19.8 Å². The molecule has 1 aromatic carbocycles. The molecule has 0 atom stereocenters. The van der Waals surface area contributed by atoms with Gasteiger partial charge in [0.1, 0.15) is 5.82 Å². The highest BCUT2D eigenvalue weighted by atomic mass is 19.1. The van der Waals surface area contributed by atoms with Gasteiger partial charge in [-0.05, 0) is 23.8 Å². The number of anilines is 1. The zero-order valence-corrected chi connectivity index (χ0v) is 10.3. The van der Waals surface area contributed by atoms with Crippen molar-refractivity contribution in [3.8, 4) is 0 Å². The summed E-state index contributed by atoms with van der Waals surface area (Å²) in [6, 6.07) is 10.5. The van der Waals surface area contributed by atoms with E-state index < -0.39 is 0 Å². The van der Waals surface area contributed by atoms with Crippen LogP contribution in [0.3, 0.4) is 0 Å². The molecule has 94 valence electrons. The lowest BCUT2D eigenvalue weighted by molar-refractivity contribution is 0.621. The van der Waals surface area contributed by atoms with Crippen LogP contribution in [0.5, 0.6) is 0 Å². The molecule has 4 heteroatoms. The molecule has 2 aromatic rings. The average Bonchev–Trinajstić information content (AvgIpc) is 2.39. The zero-order valence-electron chi connectivity index (χ0n) is 10.3. The molecule has 0 amide bonds. The molecule has 0 aliphatic rings. The van der Waals surface area contributed by atoms with Crippen LogP contribution in [0.25, 0.3) is 0 Å². The van der Waals surface area contributed by atoms with E-state index in [1.165, 1.54) is 6.07 Å². The van der Waals surface area contributed by atoms with Gasteiger partial charge < -0.3 is 10.6 Å². The maximum atomic E-state index is 13.6. The van der Waals surface area contributed by atoms with Gasteiger partial charge in [-0.1, -0.05) is 18.2 Å². The number of para-hydroxylation sites is 1. The molecule has 0 saturated heterocycles. The molecule has 0 fully saturated rings. The van der Waals surface area contributed by atoms with E-state index in [4.69, 9.17) is 5.73 Å². The van der Waals surface area contributed by atoms with Gasteiger partial charge in [0.15, 0.2) is 0 Å². The fourth-order valence-corrected chi connectivity index (χ4v) is 1.87.